The molecule has 3 aromatic heterocycles. The lowest BCUT2D eigenvalue weighted by Gasteiger charge is -2.26. The van der Waals surface area contributed by atoms with E-state index in [-0.39, 0.29) is 5.91 Å². The quantitative estimate of drug-likeness (QED) is 0.778. The Morgan fingerprint density at radius 3 is 2.96 bits per heavy atom. The molecule has 3 heterocycles. The number of fused-ring (bicyclic) bond motifs is 1. The number of hydrogen-bond acceptors (Lipinski definition) is 3. The molecule has 0 aromatic carbocycles. The molecule has 2 N–H and O–H groups in total. The summed E-state index contributed by atoms with van der Waals surface area (Å²) in [5.41, 5.74) is 3.82. The summed E-state index contributed by atoms with van der Waals surface area (Å²) in [6.07, 6.45) is 11.1. The van der Waals surface area contributed by atoms with Crippen molar-refractivity contribution in [2.45, 2.75) is 31.7 Å². The van der Waals surface area contributed by atoms with E-state index in [2.05, 4.69) is 26.3 Å². The van der Waals surface area contributed by atoms with E-state index < -0.39 is 0 Å². The zero-order valence-corrected chi connectivity index (χ0v) is 12.7. The normalized spacial score (nSPS) is 14.6. The van der Waals surface area contributed by atoms with Crippen molar-refractivity contribution >= 4 is 16.9 Å². The van der Waals surface area contributed by atoms with Crippen LogP contribution in [0.15, 0.2) is 43.0 Å². The van der Waals surface area contributed by atoms with Gasteiger partial charge in [-0.3, -0.25) is 9.78 Å². The molecule has 1 amide bonds. The van der Waals surface area contributed by atoms with Crippen LogP contribution in [0.4, 0.5) is 0 Å². The van der Waals surface area contributed by atoms with Gasteiger partial charge in [-0.2, -0.15) is 0 Å². The Morgan fingerprint density at radius 2 is 2.22 bits per heavy atom. The van der Waals surface area contributed by atoms with Crippen molar-refractivity contribution in [2.24, 2.45) is 0 Å². The van der Waals surface area contributed by atoms with Crippen LogP contribution in [0.3, 0.4) is 0 Å². The van der Waals surface area contributed by atoms with Crippen LogP contribution < -0.4 is 5.32 Å². The molecule has 1 saturated carbocycles. The highest BCUT2D eigenvalue weighted by Gasteiger charge is 2.20. The molecule has 0 atom stereocenters. The van der Waals surface area contributed by atoms with Gasteiger partial charge in [0.25, 0.3) is 0 Å². The average molecular weight is 306 g/mol. The maximum atomic E-state index is 12.2. The summed E-state index contributed by atoms with van der Waals surface area (Å²) in [7, 11) is 0. The first kappa shape index (κ1) is 13.9. The Bertz CT molecular complexity index is 837. The van der Waals surface area contributed by atoms with Crippen molar-refractivity contribution in [3.8, 4) is 11.1 Å². The molecule has 0 bridgehead atoms. The van der Waals surface area contributed by atoms with E-state index >= 15 is 0 Å². The molecule has 3 aromatic rings. The smallest absolute Gasteiger partial charge is 0.224 e. The van der Waals surface area contributed by atoms with Crippen LogP contribution >= 0.6 is 0 Å². The molecule has 116 valence electrons. The molecular formula is C18H18N4O. The van der Waals surface area contributed by atoms with Crippen molar-refractivity contribution in [3.05, 3.63) is 48.5 Å². The number of hydrogen-bond donors (Lipinski definition) is 2. The SMILES string of the molecule is O=C(Cc1c[nH]c2ncc(-c3cccnc3)cc12)NC1CCC1. The molecule has 0 spiro atoms. The number of carbonyl (C=O) groups excluding carboxylic acids is 1. The van der Waals surface area contributed by atoms with E-state index in [1.165, 1.54) is 6.42 Å². The molecule has 0 unspecified atom stereocenters. The predicted molar refractivity (Wildman–Crippen MR) is 88.8 cm³/mol. The number of aromatic nitrogens is 3. The fourth-order valence-electron chi connectivity index (χ4n) is 2.90. The van der Waals surface area contributed by atoms with Gasteiger partial charge >= 0.3 is 0 Å². The molecule has 0 saturated heterocycles. The molecule has 1 fully saturated rings. The molecule has 0 aliphatic heterocycles. The first-order chi connectivity index (χ1) is 11.3. The second-order valence-corrected chi connectivity index (χ2v) is 6.05. The molecule has 23 heavy (non-hydrogen) atoms. The van der Waals surface area contributed by atoms with Crippen LogP contribution in [0.2, 0.25) is 0 Å². The van der Waals surface area contributed by atoms with E-state index in [1.54, 1.807) is 6.20 Å². The van der Waals surface area contributed by atoms with Crippen molar-refractivity contribution in [3.63, 3.8) is 0 Å². The molecule has 0 radical (unpaired) electrons. The highest BCUT2D eigenvalue weighted by Crippen LogP contribution is 2.25. The predicted octanol–water partition coefficient (Wildman–Crippen LogP) is 2.84. The van der Waals surface area contributed by atoms with Crippen LogP contribution in [-0.4, -0.2) is 26.9 Å². The number of nitrogens with zero attached hydrogens (tertiary/aromatic N) is 2. The van der Waals surface area contributed by atoms with Crippen molar-refractivity contribution in [1.82, 2.24) is 20.3 Å². The van der Waals surface area contributed by atoms with Crippen LogP contribution in [-0.2, 0) is 11.2 Å². The highest BCUT2D eigenvalue weighted by molar-refractivity contribution is 5.89. The molecule has 4 rings (SSSR count). The standard InChI is InChI=1S/C18H18N4O/c23-17(22-15-4-1-5-15)8-14-11-21-18-16(14)7-13(10-20-18)12-3-2-6-19-9-12/h2-3,6-7,9-11,15H,1,4-5,8H2,(H,20,21)(H,22,23). The van der Waals surface area contributed by atoms with E-state index in [0.717, 1.165) is 40.6 Å². The van der Waals surface area contributed by atoms with Gasteiger partial charge in [0.1, 0.15) is 5.65 Å². The number of nitrogens with one attached hydrogen (secondary N) is 2. The third-order valence-electron chi connectivity index (χ3n) is 4.43. The zero-order valence-electron chi connectivity index (χ0n) is 12.7. The van der Waals surface area contributed by atoms with Crippen molar-refractivity contribution in [2.75, 3.05) is 0 Å². The second-order valence-electron chi connectivity index (χ2n) is 6.05. The van der Waals surface area contributed by atoms with Crippen molar-refractivity contribution in [1.29, 1.82) is 0 Å². The third kappa shape index (κ3) is 2.82. The fourth-order valence-corrected chi connectivity index (χ4v) is 2.90. The molecular weight excluding hydrogens is 288 g/mol. The largest absolute Gasteiger partial charge is 0.353 e. The molecule has 5 heteroatoms. The Hall–Kier alpha value is -2.69. The number of rotatable bonds is 4. The lowest BCUT2D eigenvalue weighted by molar-refractivity contribution is -0.121. The summed E-state index contributed by atoms with van der Waals surface area (Å²) in [5, 5.41) is 4.08. The van der Waals surface area contributed by atoms with Crippen molar-refractivity contribution < 1.29 is 4.79 Å². The first-order valence-electron chi connectivity index (χ1n) is 7.95. The van der Waals surface area contributed by atoms with Gasteiger partial charge in [-0.25, -0.2) is 4.98 Å². The van der Waals surface area contributed by atoms with Gasteiger partial charge in [0.15, 0.2) is 0 Å². The number of aromatic amines is 1. The number of carbonyl (C=O) groups is 1. The third-order valence-corrected chi connectivity index (χ3v) is 4.43. The zero-order chi connectivity index (χ0) is 15.6. The first-order valence-corrected chi connectivity index (χ1v) is 7.95. The lowest BCUT2D eigenvalue weighted by atomic mass is 9.93. The summed E-state index contributed by atoms with van der Waals surface area (Å²) in [4.78, 5) is 23.9. The average Bonchev–Trinajstić information content (AvgIpc) is 2.94. The molecule has 1 aliphatic carbocycles. The van der Waals surface area contributed by atoms with Crippen LogP contribution in [0.5, 0.6) is 0 Å². The molecule has 5 nitrogen and oxygen atoms in total. The summed E-state index contributed by atoms with van der Waals surface area (Å²) >= 11 is 0. The van der Waals surface area contributed by atoms with E-state index in [0.29, 0.717) is 12.5 Å². The number of amides is 1. The van der Waals surface area contributed by atoms with Gasteiger partial charge in [0.05, 0.1) is 6.42 Å². The summed E-state index contributed by atoms with van der Waals surface area (Å²) in [6.45, 7) is 0. The lowest BCUT2D eigenvalue weighted by Crippen LogP contribution is -2.40. The fraction of sp³-hybridized carbons (Fsp3) is 0.278. The van der Waals surface area contributed by atoms with Gasteiger partial charge in [-0.05, 0) is 37.0 Å². The Balaban J connectivity index is 1.61. The van der Waals surface area contributed by atoms with Crippen LogP contribution in [0.1, 0.15) is 24.8 Å². The van der Waals surface area contributed by atoms with E-state index in [1.807, 2.05) is 30.7 Å². The minimum atomic E-state index is 0.0855. The van der Waals surface area contributed by atoms with Crippen LogP contribution in [0, 0.1) is 0 Å². The topological polar surface area (TPSA) is 70.7 Å². The van der Waals surface area contributed by atoms with Gasteiger partial charge in [-0.15, -0.1) is 0 Å². The Labute approximate surface area is 134 Å². The van der Waals surface area contributed by atoms with Crippen LogP contribution in [0.25, 0.3) is 22.2 Å². The summed E-state index contributed by atoms with van der Waals surface area (Å²) in [6, 6.07) is 6.36. The van der Waals surface area contributed by atoms with E-state index in [9.17, 15) is 4.79 Å². The Kier molecular flexibility index (Phi) is 3.54. The minimum Gasteiger partial charge on any atom is -0.353 e. The van der Waals surface area contributed by atoms with Gasteiger partial charge < -0.3 is 10.3 Å². The number of pyridine rings is 2. The number of H-pyrrole nitrogens is 1. The van der Waals surface area contributed by atoms with Gasteiger partial charge in [0, 0.05) is 47.3 Å². The summed E-state index contributed by atoms with van der Waals surface area (Å²) < 4.78 is 0. The maximum absolute atomic E-state index is 12.2. The monoisotopic (exact) mass is 306 g/mol. The second kappa shape index (κ2) is 5.83. The van der Waals surface area contributed by atoms with E-state index in [4.69, 9.17) is 0 Å². The molecule has 1 aliphatic rings. The Morgan fingerprint density at radius 1 is 1.30 bits per heavy atom. The van der Waals surface area contributed by atoms with Gasteiger partial charge in [-0.1, -0.05) is 6.07 Å². The minimum absolute atomic E-state index is 0.0855. The van der Waals surface area contributed by atoms with Gasteiger partial charge in [0.2, 0.25) is 5.91 Å². The highest BCUT2D eigenvalue weighted by atomic mass is 16.1. The maximum Gasteiger partial charge on any atom is 0.224 e. The summed E-state index contributed by atoms with van der Waals surface area (Å²) in [5.74, 6) is 0.0855.